The Morgan fingerprint density at radius 2 is 2.25 bits per heavy atom. The third-order valence-corrected chi connectivity index (χ3v) is 5.20. The summed E-state index contributed by atoms with van der Waals surface area (Å²) in [5, 5.41) is 19.1. The van der Waals surface area contributed by atoms with E-state index >= 15 is 0 Å². The summed E-state index contributed by atoms with van der Waals surface area (Å²) in [5.74, 6) is 0.316. The minimum absolute atomic E-state index is 0.0453. The summed E-state index contributed by atoms with van der Waals surface area (Å²) in [7, 11) is 0. The van der Waals surface area contributed by atoms with Gasteiger partial charge in [-0.1, -0.05) is 13.0 Å². The number of rotatable bonds is 7. The van der Waals surface area contributed by atoms with Crippen LogP contribution in [0.2, 0.25) is 0 Å². The molecule has 1 aromatic carbocycles. The van der Waals surface area contributed by atoms with Gasteiger partial charge < -0.3 is 19.8 Å². The highest BCUT2D eigenvalue weighted by atomic mass is 16.5. The smallest absolute Gasteiger partial charge is 0.252 e. The number of phenolic OH excluding ortho intramolecular Hbond substituents is 1. The van der Waals surface area contributed by atoms with Gasteiger partial charge in [0.25, 0.3) is 5.91 Å². The van der Waals surface area contributed by atoms with Crippen LogP contribution in [0.15, 0.2) is 34.5 Å². The van der Waals surface area contributed by atoms with Crippen molar-refractivity contribution in [3.63, 3.8) is 0 Å². The number of aldehydes is 1. The van der Waals surface area contributed by atoms with Crippen LogP contribution in [0.3, 0.4) is 0 Å². The van der Waals surface area contributed by atoms with Crippen LogP contribution in [0, 0.1) is 5.92 Å². The molecule has 7 heteroatoms. The van der Waals surface area contributed by atoms with Gasteiger partial charge in [0.1, 0.15) is 18.1 Å². The quantitative estimate of drug-likeness (QED) is 0.701. The van der Waals surface area contributed by atoms with Crippen molar-refractivity contribution in [3.05, 3.63) is 35.0 Å². The molecule has 1 unspecified atom stereocenters. The fourth-order valence-corrected chi connectivity index (χ4v) is 3.73. The van der Waals surface area contributed by atoms with E-state index in [2.05, 4.69) is 4.99 Å². The number of ether oxygens (including phenoxy) is 1. The number of likely N-dealkylation sites (tertiary alicyclic amines) is 1. The second kappa shape index (κ2) is 9.01. The van der Waals surface area contributed by atoms with Gasteiger partial charge in [-0.15, -0.1) is 0 Å². The molecule has 7 nitrogen and oxygen atoms in total. The van der Waals surface area contributed by atoms with E-state index in [0.29, 0.717) is 42.7 Å². The van der Waals surface area contributed by atoms with Gasteiger partial charge in [-0.3, -0.25) is 14.6 Å². The molecular formula is C21H26N2O5. The maximum Gasteiger partial charge on any atom is 0.252 e. The number of carbonyl (C=O) groups is 2. The van der Waals surface area contributed by atoms with Gasteiger partial charge in [-0.2, -0.15) is 0 Å². The molecule has 28 heavy (non-hydrogen) atoms. The molecule has 2 aliphatic rings. The van der Waals surface area contributed by atoms with E-state index in [-0.39, 0.29) is 42.4 Å². The summed E-state index contributed by atoms with van der Waals surface area (Å²) >= 11 is 0. The fraction of sp³-hybridized carbons (Fsp3) is 0.476. The van der Waals surface area contributed by atoms with Gasteiger partial charge >= 0.3 is 0 Å². The van der Waals surface area contributed by atoms with E-state index in [1.165, 1.54) is 6.07 Å². The highest BCUT2D eigenvalue weighted by Crippen LogP contribution is 2.30. The zero-order chi connectivity index (χ0) is 20.1. The first kappa shape index (κ1) is 20.1. The number of hydrogen-bond acceptors (Lipinski definition) is 6. The van der Waals surface area contributed by atoms with Crippen LogP contribution in [-0.4, -0.2) is 59.3 Å². The van der Waals surface area contributed by atoms with Gasteiger partial charge in [0, 0.05) is 31.4 Å². The molecule has 150 valence electrons. The second-order valence-electron chi connectivity index (χ2n) is 7.27. The number of carbonyl (C=O) groups excluding carboxylic acids is 2. The van der Waals surface area contributed by atoms with Crippen LogP contribution >= 0.6 is 0 Å². The van der Waals surface area contributed by atoms with Crippen LogP contribution < -0.4 is 4.74 Å². The molecular weight excluding hydrogens is 360 g/mol. The third kappa shape index (κ3) is 4.25. The van der Waals surface area contributed by atoms with Crippen molar-refractivity contribution in [3.8, 4) is 11.5 Å². The standard InChI is InChI=1S/C21H26N2O5/c1-14-10-16(18(7-9-24)22-11-14)21(27)23-8-3-4-15(23)13-28-20-6-2-5-19(26)17(20)12-25/h2,5-6,11-12,14-15,24,26H,3-4,7-10,13H2,1H3/t14?,15-/m0/s1. The van der Waals surface area contributed by atoms with Gasteiger partial charge in [0.05, 0.1) is 17.3 Å². The Bertz CT molecular complexity index is 802. The van der Waals surface area contributed by atoms with E-state index in [9.17, 15) is 19.8 Å². The number of aromatic hydroxyl groups is 1. The largest absolute Gasteiger partial charge is 0.507 e. The van der Waals surface area contributed by atoms with Gasteiger partial charge in [0.2, 0.25) is 0 Å². The molecule has 1 fully saturated rings. The molecule has 0 saturated carbocycles. The number of phenols is 1. The molecule has 2 atom stereocenters. The number of hydrogen-bond donors (Lipinski definition) is 2. The summed E-state index contributed by atoms with van der Waals surface area (Å²) in [6.45, 7) is 2.86. The Morgan fingerprint density at radius 3 is 3.00 bits per heavy atom. The van der Waals surface area contributed by atoms with Crippen molar-refractivity contribution in [2.24, 2.45) is 10.9 Å². The number of aliphatic hydroxyl groups is 1. The molecule has 2 N–H and O–H groups in total. The van der Waals surface area contributed by atoms with E-state index in [1.807, 2.05) is 18.0 Å². The van der Waals surface area contributed by atoms with Crippen LogP contribution in [0.5, 0.6) is 11.5 Å². The molecule has 1 saturated heterocycles. The maximum atomic E-state index is 13.2. The molecule has 0 aromatic heterocycles. The summed E-state index contributed by atoms with van der Waals surface area (Å²) in [6, 6.07) is 4.56. The zero-order valence-corrected chi connectivity index (χ0v) is 16.0. The number of aliphatic imine (C=N–C) groups is 1. The van der Waals surface area contributed by atoms with Crippen molar-refractivity contribution in [1.29, 1.82) is 0 Å². The Morgan fingerprint density at radius 1 is 1.43 bits per heavy atom. The molecule has 0 aliphatic carbocycles. The van der Waals surface area contributed by atoms with E-state index < -0.39 is 0 Å². The molecule has 0 spiro atoms. The van der Waals surface area contributed by atoms with Crippen molar-refractivity contribution < 1.29 is 24.5 Å². The van der Waals surface area contributed by atoms with Crippen LogP contribution in [0.1, 0.15) is 43.0 Å². The van der Waals surface area contributed by atoms with Crippen molar-refractivity contribution in [2.75, 3.05) is 19.8 Å². The molecule has 3 rings (SSSR count). The summed E-state index contributed by atoms with van der Waals surface area (Å²) in [5.41, 5.74) is 1.44. The van der Waals surface area contributed by atoms with Crippen LogP contribution in [0.4, 0.5) is 0 Å². The first-order valence-electron chi connectivity index (χ1n) is 9.63. The predicted molar refractivity (Wildman–Crippen MR) is 105 cm³/mol. The van der Waals surface area contributed by atoms with E-state index in [4.69, 9.17) is 4.74 Å². The lowest BCUT2D eigenvalue weighted by Gasteiger charge is -2.28. The summed E-state index contributed by atoms with van der Waals surface area (Å²) in [4.78, 5) is 30.6. The third-order valence-electron chi connectivity index (χ3n) is 5.20. The molecule has 0 radical (unpaired) electrons. The number of amides is 1. The molecule has 2 heterocycles. The minimum atomic E-state index is -0.125. The average Bonchev–Trinajstić information content (AvgIpc) is 3.16. The molecule has 1 aromatic rings. The van der Waals surface area contributed by atoms with Crippen molar-refractivity contribution in [1.82, 2.24) is 4.90 Å². The lowest BCUT2D eigenvalue weighted by molar-refractivity contribution is -0.128. The van der Waals surface area contributed by atoms with Crippen LogP contribution in [-0.2, 0) is 4.79 Å². The van der Waals surface area contributed by atoms with E-state index in [0.717, 1.165) is 12.8 Å². The highest BCUT2D eigenvalue weighted by Gasteiger charge is 2.33. The highest BCUT2D eigenvalue weighted by molar-refractivity contribution is 5.96. The SMILES string of the molecule is CC1C=NC(CCO)=C(C(=O)N2CCC[C@H]2COc2cccc(O)c2C=O)C1. The maximum absolute atomic E-state index is 13.2. The second-order valence-corrected chi connectivity index (χ2v) is 7.27. The lowest BCUT2D eigenvalue weighted by Crippen LogP contribution is -2.40. The first-order chi connectivity index (χ1) is 13.5. The lowest BCUT2D eigenvalue weighted by atomic mass is 9.95. The van der Waals surface area contributed by atoms with Crippen molar-refractivity contribution in [2.45, 2.75) is 38.6 Å². The first-order valence-corrected chi connectivity index (χ1v) is 9.63. The summed E-state index contributed by atoms with van der Waals surface area (Å²) < 4.78 is 5.79. The molecule has 1 amide bonds. The fourth-order valence-electron chi connectivity index (χ4n) is 3.73. The van der Waals surface area contributed by atoms with Gasteiger partial charge in [0.15, 0.2) is 6.29 Å². The summed E-state index contributed by atoms with van der Waals surface area (Å²) in [6.07, 6.45) is 5.06. The Balaban J connectivity index is 1.74. The zero-order valence-electron chi connectivity index (χ0n) is 16.0. The topological polar surface area (TPSA) is 99.4 Å². The Hall–Kier alpha value is -2.67. The normalized spacial score (nSPS) is 21.9. The van der Waals surface area contributed by atoms with E-state index in [1.54, 1.807) is 12.1 Å². The van der Waals surface area contributed by atoms with Gasteiger partial charge in [-0.25, -0.2) is 0 Å². The van der Waals surface area contributed by atoms with Gasteiger partial charge in [-0.05, 0) is 37.3 Å². The minimum Gasteiger partial charge on any atom is -0.507 e. The average molecular weight is 386 g/mol. The van der Waals surface area contributed by atoms with Crippen LogP contribution in [0.25, 0.3) is 0 Å². The molecule has 2 aliphatic heterocycles. The predicted octanol–water partition coefficient (Wildman–Crippen LogP) is 2.32. The van der Waals surface area contributed by atoms with Crippen molar-refractivity contribution >= 4 is 18.4 Å². The molecule has 0 bridgehead atoms. The number of nitrogens with zero attached hydrogens (tertiary/aromatic N) is 2. The Labute approximate surface area is 164 Å². The number of aliphatic hydroxyl groups excluding tert-OH is 1. The Kier molecular flexibility index (Phi) is 6.46. The monoisotopic (exact) mass is 386 g/mol. The number of benzene rings is 1.